The van der Waals surface area contributed by atoms with Gasteiger partial charge >= 0.3 is 0 Å². The van der Waals surface area contributed by atoms with Crippen LogP contribution in [0.25, 0.3) is 0 Å². The Kier molecular flexibility index (Phi) is 3.93. The van der Waals surface area contributed by atoms with Gasteiger partial charge in [-0.2, -0.15) is 4.98 Å². The number of hydrogen-bond donors (Lipinski definition) is 2. The van der Waals surface area contributed by atoms with Crippen molar-refractivity contribution in [2.45, 2.75) is 18.2 Å². The Morgan fingerprint density at radius 3 is 2.70 bits per heavy atom. The van der Waals surface area contributed by atoms with Gasteiger partial charge in [0.2, 0.25) is 5.89 Å². The third-order valence-electron chi connectivity index (χ3n) is 2.68. The van der Waals surface area contributed by atoms with E-state index in [1.165, 1.54) is 12.1 Å². The van der Waals surface area contributed by atoms with E-state index in [9.17, 15) is 8.42 Å². The molecule has 20 heavy (non-hydrogen) atoms. The Labute approximate surface area is 117 Å². The van der Waals surface area contributed by atoms with Gasteiger partial charge in [-0.05, 0) is 25.1 Å². The molecule has 0 aliphatic rings. The minimum Gasteiger partial charge on any atom is -0.397 e. The highest BCUT2D eigenvalue weighted by Gasteiger charge is 2.09. The molecule has 0 fully saturated rings. The lowest BCUT2D eigenvalue weighted by Gasteiger charge is -2.09. The van der Waals surface area contributed by atoms with Crippen LogP contribution in [-0.2, 0) is 16.3 Å². The summed E-state index contributed by atoms with van der Waals surface area (Å²) in [5.41, 5.74) is 6.88. The van der Waals surface area contributed by atoms with Crippen LogP contribution in [0.15, 0.2) is 27.6 Å². The van der Waals surface area contributed by atoms with Crippen LogP contribution in [-0.4, -0.2) is 31.4 Å². The van der Waals surface area contributed by atoms with Crippen LogP contribution in [0.2, 0.25) is 0 Å². The number of anilines is 2. The van der Waals surface area contributed by atoms with Crippen LogP contribution >= 0.6 is 0 Å². The molecule has 1 aromatic heterocycles. The third kappa shape index (κ3) is 3.47. The zero-order valence-corrected chi connectivity index (χ0v) is 12.1. The molecule has 0 spiro atoms. The van der Waals surface area contributed by atoms with E-state index in [4.69, 9.17) is 10.3 Å². The molecule has 0 amide bonds. The zero-order chi connectivity index (χ0) is 14.8. The average Bonchev–Trinajstić information content (AvgIpc) is 2.76. The van der Waals surface area contributed by atoms with Gasteiger partial charge in [-0.1, -0.05) is 5.16 Å². The lowest BCUT2D eigenvalue weighted by atomic mass is 10.2. The van der Waals surface area contributed by atoms with Crippen LogP contribution in [0, 0.1) is 6.92 Å². The standard InChI is InChI=1S/C12H16N4O3S/c1-8-15-12(19-16-8)5-6-14-11-4-3-9(7-10(11)13)20(2,17)18/h3-4,7,14H,5-6,13H2,1-2H3. The molecule has 0 unspecified atom stereocenters. The monoisotopic (exact) mass is 296 g/mol. The molecule has 2 aromatic rings. The Morgan fingerprint density at radius 1 is 1.40 bits per heavy atom. The zero-order valence-electron chi connectivity index (χ0n) is 11.3. The lowest BCUT2D eigenvalue weighted by molar-refractivity contribution is 0.377. The molecule has 8 heteroatoms. The summed E-state index contributed by atoms with van der Waals surface area (Å²) in [6.07, 6.45) is 1.71. The second-order valence-corrected chi connectivity index (χ2v) is 6.45. The number of sulfone groups is 1. The number of nitrogen functional groups attached to an aromatic ring is 1. The van der Waals surface area contributed by atoms with Gasteiger partial charge < -0.3 is 15.6 Å². The largest absolute Gasteiger partial charge is 0.397 e. The molecule has 0 aliphatic carbocycles. The molecule has 0 saturated carbocycles. The summed E-state index contributed by atoms with van der Waals surface area (Å²) in [5.74, 6) is 1.14. The highest BCUT2D eigenvalue weighted by Crippen LogP contribution is 2.22. The first-order chi connectivity index (χ1) is 9.36. The van der Waals surface area contributed by atoms with E-state index in [1.54, 1.807) is 13.0 Å². The predicted molar refractivity (Wildman–Crippen MR) is 75.2 cm³/mol. The number of aromatic nitrogens is 2. The van der Waals surface area contributed by atoms with Gasteiger partial charge in [0.05, 0.1) is 16.3 Å². The Bertz CT molecular complexity index is 709. The molecular formula is C12H16N4O3S. The summed E-state index contributed by atoms with van der Waals surface area (Å²) >= 11 is 0. The molecule has 0 radical (unpaired) electrons. The van der Waals surface area contributed by atoms with Crippen molar-refractivity contribution in [2.75, 3.05) is 23.9 Å². The molecule has 2 rings (SSSR count). The lowest BCUT2D eigenvalue weighted by Crippen LogP contribution is -2.08. The van der Waals surface area contributed by atoms with Crippen molar-refractivity contribution in [3.63, 3.8) is 0 Å². The second kappa shape index (κ2) is 5.49. The molecule has 3 N–H and O–H groups in total. The number of nitrogens with two attached hydrogens (primary N) is 1. The van der Waals surface area contributed by atoms with E-state index in [1.807, 2.05) is 0 Å². The van der Waals surface area contributed by atoms with E-state index < -0.39 is 9.84 Å². The van der Waals surface area contributed by atoms with Crippen LogP contribution in [0.1, 0.15) is 11.7 Å². The summed E-state index contributed by atoms with van der Waals surface area (Å²) in [6, 6.07) is 4.60. The van der Waals surface area contributed by atoms with Crippen molar-refractivity contribution in [3.8, 4) is 0 Å². The number of aryl methyl sites for hydroxylation is 1. The summed E-state index contributed by atoms with van der Waals surface area (Å²) in [7, 11) is -3.24. The molecule has 0 saturated heterocycles. The smallest absolute Gasteiger partial charge is 0.228 e. The van der Waals surface area contributed by atoms with Gasteiger partial charge in [0.1, 0.15) is 0 Å². The number of hydrogen-bond acceptors (Lipinski definition) is 7. The van der Waals surface area contributed by atoms with Crippen molar-refractivity contribution < 1.29 is 12.9 Å². The predicted octanol–water partition coefficient (Wildman–Crippen LogP) is 1.02. The molecule has 108 valence electrons. The Morgan fingerprint density at radius 2 is 2.15 bits per heavy atom. The van der Waals surface area contributed by atoms with Gasteiger partial charge in [0, 0.05) is 19.2 Å². The van der Waals surface area contributed by atoms with Crippen molar-refractivity contribution >= 4 is 21.2 Å². The molecule has 1 aromatic carbocycles. The maximum Gasteiger partial charge on any atom is 0.228 e. The van der Waals surface area contributed by atoms with E-state index in [-0.39, 0.29) is 4.90 Å². The van der Waals surface area contributed by atoms with Crippen molar-refractivity contribution in [1.82, 2.24) is 10.1 Å². The summed E-state index contributed by atoms with van der Waals surface area (Å²) in [5, 5.41) is 6.79. The van der Waals surface area contributed by atoms with Crippen LogP contribution in [0.5, 0.6) is 0 Å². The van der Waals surface area contributed by atoms with Crippen molar-refractivity contribution in [3.05, 3.63) is 29.9 Å². The minimum atomic E-state index is -3.24. The van der Waals surface area contributed by atoms with Crippen LogP contribution in [0.3, 0.4) is 0 Å². The highest BCUT2D eigenvalue weighted by atomic mass is 32.2. The van der Waals surface area contributed by atoms with Crippen molar-refractivity contribution in [1.29, 1.82) is 0 Å². The van der Waals surface area contributed by atoms with E-state index in [2.05, 4.69) is 15.5 Å². The maximum absolute atomic E-state index is 11.4. The highest BCUT2D eigenvalue weighted by molar-refractivity contribution is 7.90. The molecule has 1 heterocycles. The number of nitrogens with one attached hydrogen (secondary N) is 1. The Balaban J connectivity index is 2.00. The van der Waals surface area contributed by atoms with E-state index in [0.717, 1.165) is 6.26 Å². The first-order valence-electron chi connectivity index (χ1n) is 5.99. The van der Waals surface area contributed by atoms with E-state index in [0.29, 0.717) is 36.1 Å². The van der Waals surface area contributed by atoms with Gasteiger partial charge in [-0.15, -0.1) is 0 Å². The van der Waals surface area contributed by atoms with Crippen molar-refractivity contribution in [2.24, 2.45) is 0 Å². The van der Waals surface area contributed by atoms with Gasteiger partial charge in [0.25, 0.3) is 0 Å². The fourth-order valence-corrected chi connectivity index (χ4v) is 2.33. The normalized spacial score (nSPS) is 11.5. The van der Waals surface area contributed by atoms with E-state index >= 15 is 0 Å². The quantitative estimate of drug-likeness (QED) is 0.792. The maximum atomic E-state index is 11.4. The molecule has 0 atom stereocenters. The molecule has 0 aliphatic heterocycles. The number of nitrogens with zero attached hydrogens (tertiary/aromatic N) is 2. The number of benzene rings is 1. The number of rotatable bonds is 5. The van der Waals surface area contributed by atoms with Gasteiger partial charge in [-0.3, -0.25) is 0 Å². The third-order valence-corrected chi connectivity index (χ3v) is 3.79. The second-order valence-electron chi connectivity index (χ2n) is 4.43. The summed E-state index contributed by atoms with van der Waals surface area (Å²) in [4.78, 5) is 4.28. The van der Waals surface area contributed by atoms with Crippen LogP contribution < -0.4 is 11.1 Å². The molecular weight excluding hydrogens is 280 g/mol. The minimum absolute atomic E-state index is 0.202. The first kappa shape index (κ1) is 14.3. The first-order valence-corrected chi connectivity index (χ1v) is 7.88. The SMILES string of the molecule is Cc1noc(CCNc2ccc(S(C)(=O)=O)cc2N)n1. The average molecular weight is 296 g/mol. The van der Waals surface area contributed by atoms with Gasteiger partial charge in [-0.25, -0.2) is 8.42 Å². The van der Waals surface area contributed by atoms with Gasteiger partial charge in [0.15, 0.2) is 15.7 Å². The molecule has 0 bridgehead atoms. The summed E-state index contributed by atoms with van der Waals surface area (Å²) < 4.78 is 27.8. The van der Waals surface area contributed by atoms with Crippen LogP contribution in [0.4, 0.5) is 11.4 Å². The molecule has 7 nitrogen and oxygen atoms in total. The topological polar surface area (TPSA) is 111 Å². The fourth-order valence-electron chi connectivity index (χ4n) is 1.68. The fraction of sp³-hybridized carbons (Fsp3) is 0.333. The summed E-state index contributed by atoms with van der Waals surface area (Å²) in [6.45, 7) is 2.31. The Hall–Kier alpha value is -2.09.